The van der Waals surface area contributed by atoms with Crippen LogP contribution >= 0.6 is 0 Å². The van der Waals surface area contributed by atoms with Gasteiger partial charge in [-0.3, -0.25) is 4.79 Å². The van der Waals surface area contributed by atoms with Crippen molar-refractivity contribution in [3.63, 3.8) is 0 Å². The first-order chi connectivity index (χ1) is 15.7. The molecule has 3 aromatic rings. The molecule has 0 spiro atoms. The van der Waals surface area contributed by atoms with Crippen molar-refractivity contribution in [3.05, 3.63) is 72.2 Å². The predicted molar refractivity (Wildman–Crippen MR) is 127 cm³/mol. The van der Waals surface area contributed by atoms with Gasteiger partial charge in [0.1, 0.15) is 18.0 Å². The zero-order valence-corrected chi connectivity index (χ0v) is 19.6. The molecule has 174 valence electrons. The van der Waals surface area contributed by atoms with Gasteiger partial charge in [-0.2, -0.15) is 0 Å². The molecule has 3 rings (SSSR count). The van der Waals surface area contributed by atoms with E-state index < -0.39 is 11.7 Å². The Morgan fingerprint density at radius 1 is 1.03 bits per heavy atom. The fourth-order valence-electron chi connectivity index (χ4n) is 3.27. The van der Waals surface area contributed by atoms with E-state index in [1.807, 2.05) is 61.6 Å². The largest absolute Gasteiger partial charge is 0.489 e. The normalized spacial score (nSPS) is 11.2. The van der Waals surface area contributed by atoms with Crippen LogP contribution in [0.3, 0.4) is 0 Å². The summed E-state index contributed by atoms with van der Waals surface area (Å²) in [4.78, 5) is 28.6. The van der Waals surface area contributed by atoms with Crippen molar-refractivity contribution in [2.75, 3.05) is 6.54 Å². The smallest absolute Gasteiger partial charge is 0.407 e. The highest BCUT2D eigenvalue weighted by atomic mass is 16.6. The molecule has 7 nitrogen and oxygen atoms in total. The monoisotopic (exact) mass is 449 g/mol. The van der Waals surface area contributed by atoms with E-state index >= 15 is 0 Å². The molecule has 0 aliphatic rings. The summed E-state index contributed by atoms with van der Waals surface area (Å²) >= 11 is 0. The molecular weight excluding hydrogens is 418 g/mol. The zero-order valence-electron chi connectivity index (χ0n) is 19.6. The summed E-state index contributed by atoms with van der Waals surface area (Å²) in [7, 11) is 1.83. The number of hydrogen-bond donors (Lipinski definition) is 1. The lowest BCUT2D eigenvalue weighted by Crippen LogP contribution is -2.33. The van der Waals surface area contributed by atoms with Crippen molar-refractivity contribution in [2.24, 2.45) is 7.05 Å². The molecule has 1 heterocycles. The van der Waals surface area contributed by atoms with E-state index in [0.29, 0.717) is 25.4 Å². The number of imidazole rings is 1. The van der Waals surface area contributed by atoms with Crippen molar-refractivity contribution < 1.29 is 19.1 Å². The van der Waals surface area contributed by atoms with Gasteiger partial charge in [0, 0.05) is 25.6 Å². The van der Waals surface area contributed by atoms with Crippen LogP contribution in [-0.2, 0) is 18.4 Å². The van der Waals surface area contributed by atoms with Gasteiger partial charge >= 0.3 is 6.09 Å². The summed E-state index contributed by atoms with van der Waals surface area (Å²) in [5.74, 6) is 1.10. The zero-order chi connectivity index (χ0) is 23.8. The highest BCUT2D eigenvalue weighted by Gasteiger charge is 2.17. The molecule has 0 saturated carbocycles. The van der Waals surface area contributed by atoms with Crippen molar-refractivity contribution >= 4 is 11.9 Å². The Kier molecular flexibility index (Phi) is 7.87. The van der Waals surface area contributed by atoms with Crippen LogP contribution < -0.4 is 10.1 Å². The molecule has 0 atom stereocenters. The average molecular weight is 450 g/mol. The topological polar surface area (TPSA) is 82.5 Å². The van der Waals surface area contributed by atoms with Gasteiger partial charge in [0.05, 0.1) is 11.9 Å². The summed E-state index contributed by atoms with van der Waals surface area (Å²) in [6, 6.07) is 17.7. The third-order valence-corrected chi connectivity index (χ3v) is 4.88. The van der Waals surface area contributed by atoms with Crippen LogP contribution in [0.1, 0.15) is 49.8 Å². The van der Waals surface area contributed by atoms with Gasteiger partial charge in [-0.25, -0.2) is 9.78 Å². The summed E-state index contributed by atoms with van der Waals surface area (Å²) in [5, 5.41) is 2.67. The molecule has 7 heteroatoms. The van der Waals surface area contributed by atoms with E-state index in [1.165, 1.54) is 0 Å². The van der Waals surface area contributed by atoms with E-state index in [-0.39, 0.29) is 12.2 Å². The maximum Gasteiger partial charge on any atom is 0.407 e. The number of rotatable bonds is 9. The Morgan fingerprint density at radius 3 is 2.39 bits per heavy atom. The SMILES string of the molecule is Cn1c(-c2ccc(OCc3ccccc3)cc2)cnc1C(=O)CCCNC(=O)OC(C)(C)C. The molecule has 1 aromatic heterocycles. The van der Waals surface area contributed by atoms with Crippen molar-refractivity contribution in [1.82, 2.24) is 14.9 Å². The van der Waals surface area contributed by atoms with Gasteiger partial charge in [-0.15, -0.1) is 0 Å². The van der Waals surface area contributed by atoms with Gasteiger partial charge in [-0.1, -0.05) is 30.3 Å². The second kappa shape index (κ2) is 10.8. The minimum atomic E-state index is -0.546. The number of carbonyl (C=O) groups excluding carboxylic acids is 2. The summed E-state index contributed by atoms with van der Waals surface area (Å²) in [6.07, 6.45) is 2.01. The van der Waals surface area contributed by atoms with Crippen molar-refractivity contribution in [2.45, 2.75) is 45.8 Å². The van der Waals surface area contributed by atoms with E-state index in [4.69, 9.17) is 9.47 Å². The molecule has 1 amide bonds. The fraction of sp³-hybridized carbons (Fsp3) is 0.346. The van der Waals surface area contributed by atoms with Crippen LogP contribution in [0.4, 0.5) is 4.79 Å². The van der Waals surface area contributed by atoms with E-state index in [9.17, 15) is 9.59 Å². The third kappa shape index (κ3) is 7.20. The number of nitrogens with one attached hydrogen (secondary N) is 1. The quantitative estimate of drug-likeness (QED) is 0.361. The minimum Gasteiger partial charge on any atom is -0.489 e. The predicted octanol–water partition coefficient (Wildman–Crippen LogP) is 5.15. The number of benzene rings is 2. The summed E-state index contributed by atoms with van der Waals surface area (Å²) in [5.41, 5.74) is 2.36. The van der Waals surface area contributed by atoms with Crippen LogP contribution in [0.2, 0.25) is 0 Å². The Morgan fingerprint density at radius 2 is 1.73 bits per heavy atom. The van der Waals surface area contributed by atoms with Gasteiger partial charge in [-0.05, 0) is 57.0 Å². The van der Waals surface area contributed by atoms with Crippen LogP contribution in [0.15, 0.2) is 60.8 Å². The molecule has 0 unspecified atom stereocenters. The van der Waals surface area contributed by atoms with Crippen molar-refractivity contribution in [3.8, 4) is 17.0 Å². The van der Waals surface area contributed by atoms with Crippen LogP contribution in [0, 0.1) is 0 Å². The van der Waals surface area contributed by atoms with Crippen LogP contribution in [0.25, 0.3) is 11.3 Å². The highest BCUT2D eigenvalue weighted by Crippen LogP contribution is 2.24. The molecule has 2 aromatic carbocycles. The molecule has 0 saturated heterocycles. The first-order valence-electron chi connectivity index (χ1n) is 11.0. The minimum absolute atomic E-state index is 0.0717. The maximum atomic E-state index is 12.6. The van der Waals surface area contributed by atoms with Crippen molar-refractivity contribution in [1.29, 1.82) is 0 Å². The standard InChI is InChI=1S/C26H31N3O4/c1-26(2,3)33-25(31)27-16-8-11-23(30)24-28-17-22(29(24)4)20-12-14-21(15-13-20)32-18-19-9-6-5-7-10-19/h5-7,9-10,12-15,17H,8,11,16,18H2,1-4H3,(H,27,31). The van der Waals surface area contributed by atoms with Gasteiger partial charge in [0.25, 0.3) is 0 Å². The number of hydrogen-bond acceptors (Lipinski definition) is 5. The summed E-state index contributed by atoms with van der Waals surface area (Å²) < 4.78 is 12.8. The second-order valence-electron chi connectivity index (χ2n) is 8.78. The Hall–Kier alpha value is -3.61. The van der Waals surface area contributed by atoms with Gasteiger partial charge in [0.2, 0.25) is 0 Å². The lowest BCUT2D eigenvalue weighted by molar-refractivity contribution is 0.0525. The summed E-state index contributed by atoms with van der Waals surface area (Å²) in [6.45, 7) is 6.29. The molecule has 1 N–H and O–H groups in total. The first kappa shape index (κ1) is 24.0. The number of aromatic nitrogens is 2. The van der Waals surface area contributed by atoms with E-state index in [0.717, 1.165) is 22.6 Å². The number of Topliss-reactive ketones (excluding diaryl/α,β-unsaturated/α-hetero) is 1. The Labute approximate surface area is 194 Å². The van der Waals surface area contributed by atoms with E-state index in [1.54, 1.807) is 31.5 Å². The lowest BCUT2D eigenvalue weighted by atomic mass is 10.1. The Bertz CT molecular complexity index is 1070. The van der Waals surface area contributed by atoms with Crippen LogP contribution in [-0.4, -0.2) is 33.6 Å². The fourth-order valence-corrected chi connectivity index (χ4v) is 3.27. The highest BCUT2D eigenvalue weighted by molar-refractivity contribution is 5.93. The number of ketones is 1. The van der Waals surface area contributed by atoms with E-state index in [2.05, 4.69) is 10.3 Å². The number of carbonyl (C=O) groups is 2. The second-order valence-corrected chi connectivity index (χ2v) is 8.78. The van der Waals surface area contributed by atoms with Crippen LogP contribution in [0.5, 0.6) is 5.75 Å². The number of ether oxygens (including phenoxy) is 2. The Balaban J connectivity index is 1.52. The van der Waals surface area contributed by atoms with Gasteiger partial charge < -0.3 is 19.4 Å². The van der Waals surface area contributed by atoms with Gasteiger partial charge in [0.15, 0.2) is 11.6 Å². The molecule has 0 fully saturated rings. The average Bonchev–Trinajstić information content (AvgIpc) is 3.16. The lowest BCUT2D eigenvalue weighted by Gasteiger charge is -2.19. The first-order valence-corrected chi connectivity index (χ1v) is 11.0. The molecule has 0 bridgehead atoms. The molecule has 0 aliphatic carbocycles. The molecule has 0 aliphatic heterocycles. The molecule has 0 radical (unpaired) electrons. The number of alkyl carbamates (subject to hydrolysis) is 1. The number of amides is 1. The maximum absolute atomic E-state index is 12.6. The molecule has 33 heavy (non-hydrogen) atoms. The third-order valence-electron chi connectivity index (χ3n) is 4.88. The number of nitrogens with zero attached hydrogens (tertiary/aromatic N) is 2. The molecular formula is C26H31N3O4.